The van der Waals surface area contributed by atoms with Gasteiger partial charge in [-0.05, 0) is 41.5 Å². The van der Waals surface area contributed by atoms with Crippen LogP contribution in [0.1, 0.15) is 41.5 Å². The summed E-state index contributed by atoms with van der Waals surface area (Å²) in [5.74, 6) is 0. The van der Waals surface area contributed by atoms with Crippen molar-refractivity contribution in [2.75, 3.05) is 0 Å². The molecule has 0 amide bonds. The molecule has 5 heteroatoms. The third-order valence-electron chi connectivity index (χ3n) is 0. The average molecular weight is 234 g/mol. The zero-order chi connectivity index (χ0) is 10.7. The summed E-state index contributed by atoms with van der Waals surface area (Å²) in [7, 11) is 0. The van der Waals surface area contributed by atoms with Crippen molar-refractivity contribution in [2.45, 2.75) is 59.9 Å². The fraction of sp³-hybridized carbons (Fsp3) is 1.00. The molecule has 0 bridgehead atoms. The SMILES string of the molecule is CC(C)O.CC(C)O.CC(C)O.[Al+3].[Al+3]. The van der Waals surface area contributed by atoms with E-state index in [-0.39, 0.29) is 53.0 Å². The first-order valence-electron chi connectivity index (χ1n) is 4.24. The van der Waals surface area contributed by atoms with Gasteiger partial charge >= 0.3 is 34.7 Å². The summed E-state index contributed by atoms with van der Waals surface area (Å²) in [6.45, 7) is 10.3. The van der Waals surface area contributed by atoms with E-state index >= 15 is 0 Å². The van der Waals surface area contributed by atoms with Crippen molar-refractivity contribution >= 4 is 34.7 Å². The van der Waals surface area contributed by atoms with Crippen LogP contribution in [0.3, 0.4) is 0 Å². The number of aliphatic hydroxyl groups is 3. The van der Waals surface area contributed by atoms with Crippen LogP contribution in [-0.4, -0.2) is 68.4 Å². The summed E-state index contributed by atoms with van der Waals surface area (Å²) in [6.07, 6.45) is -0.500. The molecule has 14 heavy (non-hydrogen) atoms. The second kappa shape index (κ2) is 23.6. The molecule has 0 aromatic carbocycles. The third kappa shape index (κ3) is 2070. The Kier molecular flexibility index (Phi) is 49.6. The third-order valence-corrected chi connectivity index (χ3v) is 0. The second-order valence-corrected chi connectivity index (χ2v) is 3.28. The molecule has 0 aromatic rings. The van der Waals surface area contributed by atoms with Gasteiger partial charge in [-0.25, -0.2) is 0 Å². The largest absolute Gasteiger partial charge is 3.00 e. The second-order valence-electron chi connectivity index (χ2n) is 3.28. The molecule has 0 radical (unpaired) electrons. The Balaban J connectivity index is -0.0000000270. The molecular formula is C9H24Al2O3+6. The van der Waals surface area contributed by atoms with Gasteiger partial charge in [-0.1, -0.05) is 0 Å². The van der Waals surface area contributed by atoms with Crippen LogP contribution in [0.25, 0.3) is 0 Å². The fourth-order valence-corrected chi connectivity index (χ4v) is 0. The van der Waals surface area contributed by atoms with Crippen LogP contribution in [-0.2, 0) is 0 Å². The minimum absolute atomic E-state index is 0. The Labute approximate surface area is 110 Å². The van der Waals surface area contributed by atoms with Gasteiger partial charge in [0.2, 0.25) is 0 Å². The molecule has 0 unspecified atom stereocenters. The van der Waals surface area contributed by atoms with Gasteiger partial charge in [-0.15, -0.1) is 0 Å². The minimum Gasteiger partial charge on any atom is -0.394 e. The van der Waals surface area contributed by atoms with Gasteiger partial charge in [-0.2, -0.15) is 0 Å². The summed E-state index contributed by atoms with van der Waals surface area (Å²) in [6, 6.07) is 0. The smallest absolute Gasteiger partial charge is 0.394 e. The molecule has 0 fully saturated rings. The van der Waals surface area contributed by atoms with E-state index < -0.39 is 0 Å². The van der Waals surface area contributed by atoms with Gasteiger partial charge in [-0.3, -0.25) is 0 Å². The van der Waals surface area contributed by atoms with E-state index in [2.05, 4.69) is 0 Å². The Bertz CT molecular complexity index is 46.5. The molecule has 0 saturated heterocycles. The van der Waals surface area contributed by atoms with E-state index in [1.54, 1.807) is 41.5 Å². The quantitative estimate of drug-likeness (QED) is 0.532. The molecule has 0 spiro atoms. The van der Waals surface area contributed by atoms with Crippen molar-refractivity contribution < 1.29 is 15.3 Å². The number of hydrogen-bond donors (Lipinski definition) is 3. The van der Waals surface area contributed by atoms with Crippen molar-refractivity contribution in [3.8, 4) is 0 Å². The Morgan fingerprint density at radius 3 is 0.500 bits per heavy atom. The van der Waals surface area contributed by atoms with Crippen LogP contribution in [0.4, 0.5) is 0 Å². The zero-order valence-corrected chi connectivity index (χ0v) is 12.5. The molecule has 0 aromatic heterocycles. The van der Waals surface area contributed by atoms with Crippen LogP contribution >= 0.6 is 0 Å². The summed E-state index contributed by atoms with van der Waals surface area (Å²) in [5.41, 5.74) is 0. The van der Waals surface area contributed by atoms with Crippen molar-refractivity contribution in [3.05, 3.63) is 0 Å². The minimum atomic E-state index is -0.167. The molecule has 0 rings (SSSR count). The average Bonchev–Trinajstić information content (AvgIpc) is 1.54. The molecular weight excluding hydrogens is 210 g/mol. The topological polar surface area (TPSA) is 60.7 Å². The monoisotopic (exact) mass is 234 g/mol. The maximum atomic E-state index is 8.06. The first-order chi connectivity index (χ1) is 5.20. The van der Waals surface area contributed by atoms with Gasteiger partial charge in [0.1, 0.15) is 0 Å². The maximum Gasteiger partial charge on any atom is 3.00 e. The molecule has 0 saturated carbocycles. The van der Waals surface area contributed by atoms with E-state index in [1.165, 1.54) is 0 Å². The number of hydrogen-bond acceptors (Lipinski definition) is 3. The number of rotatable bonds is 0. The predicted octanol–water partition coefficient (Wildman–Crippen LogP) is 0.400. The summed E-state index contributed by atoms with van der Waals surface area (Å²) in [4.78, 5) is 0. The van der Waals surface area contributed by atoms with E-state index in [0.717, 1.165) is 0 Å². The van der Waals surface area contributed by atoms with Crippen LogP contribution in [0.2, 0.25) is 0 Å². The van der Waals surface area contributed by atoms with Crippen LogP contribution in [0, 0.1) is 0 Å². The van der Waals surface area contributed by atoms with Crippen LogP contribution in [0.5, 0.6) is 0 Å². The fourth-order valence-electron chi connectivity index (χ4n) is 0. The zero-order valence-electron chi connectivity index (χ0n) is 10.2. The Morgan fingerprint density at radius 2 is 0.500 bits per heavy atom. The Morgan fingerprint density at radius 1 is 0.500 bits per heavy atom. The van der Waals surface area contributed by atoms with Gasteiger partial charge in [0.05, 0.1) is 0 Å². The molecule has 0 aliphatic heterocycles. The molecule has 78 valence electrons. The number of aliphatic hydroxyl groups excluding tert-OH is 3. The van der Waals surface area contributed by atoms with E-state index in [0.29, 0.717) is 0 Å². The van der Waals surface area contributed by atoms with E-state index in [1.807, 2.05) is 0 Å². The summed E-state index contributed by atoms with van der Waals surface area (Å²) >= 11 is 0. The summed E-state index contributed by atoms with van der Waals surface area (Å²) < 4.78 is 0. The van der Waals surface area contributed by atoms with Crippen molar-refractivity contribution in [1.29, 1.82) is 0 Å². The van der Waals surface area contributed by atoms with Crippen molar-refractivity contribution in [1.82, 2.24) is 0 Å². The molecule has 0 atom stereocenters. The summed E-state index contributed by atoms with van der Waals surface area (Å²) in [5, 5.41) is 24.2. The van der Waals surface area contributed by atoms with Crippen molar-refractivity contribution in [3.63, 3.8) is 0 Å². The van der Waals surface area contributed by atoms with E-state index in [4.69, 9.17) is 15.3 Å². The van der Waals surface area contributed by atoms with Crippen molar-refractivity contribution in [2.24, 2.45) is 0 Å². The maximum absolute atomic E-state index is 8.06. The van der Waals surface area contributed by atoms with Gasteiger partial charge in [0, 0.05) is 18.3 Å². The normalized spacial score (nSPS) is 7.71. The molecule has 0 heterocycles. The Hall–Kier alpha value is 0.945. The van der Waals surface area contributed by atoms with Gasteiger partial charge in [0.25, 0.3) is 0 Å². The van der Waals surface area contributed by atoms with Gasteiger partial charge in [0.15, 0.2) is 0 Å². The first kappa shape index (κ1) is 29.4. The molecule has 3 nitrogen and oxygen atoms in total. The van der Waals surface area contributed by atoms with Crippen LogP contribution in [0.15, 0.2) is 0 Å². The van der Waals surface area contributed by atoms with Gasteiger partial charge < -0.3 is 15.3 Å². The molecule has 0 aliphatic carbocycles. The standard InChI is InChI=1S/3C3H8O.2Al/c3*1-3(2)4;;/h3*3-4H,1-2H3;;/q;;;2*+3. The van der Waals surface area contributed by atoms with E-state index in [9.17, 15) is 0 Å². The predicted molar refractivity (Wildman–Crippen MR) is 63.6 cm³/mol. The molecule has 3 N–H and O–H groups in total. The molecule has 0 aliphatic rings. The first-order valence-corrected chi connectivity index (χ1v) is 4.24. The van der Waals surface area contributed by atoms with Crippen LogP contribution < -0.4 is 0 Å².